The van der Waals surface area contributed by atoms with Crippen molar-refractivity contribution in [2.45, 2.75) is 58.7 Å². The molecule has 1 aliphatic rings. The minimum atomic E-state index is 0.775. The predicted octanol–water partition coefficient (Wildman–Crippen LogP) is 4.32. The lowest BCUT2D eigenvalue weighted by Crippen LogP contribution is -2.38. The van der Waals surface area contributed by atoms with Crippen molar-refractivity contribution in [2.75, 3.05) is 13.1 Å². The van der Waals surface area contributed by atoms with Crippen molar-refractivity contribution in [1.29, 1.82) is 0 Å². The summed E-state index contributed by atoms with van der Waals surface area (Å²) in [6, 6.07) is 7.59. The zero-order chi connectivity index (χ0) is 14.4. The van der Waals surface area contributed by atoms with E-state index >= 15 is 0 Å². The third-order valence-corrected chi connectivity index (χ3v) is 5.03. The smallest absolute Gasteiger partial charge is 0.0247 e. The van der Waals surface area contributed by atoms with Crippen molar-refractivity contribution in [2.24, 2.45) is 0 Å². The standard InChI is InChI=1S/C17H27BrN2/c1-3-16-7-5-6-10-20(16)13-15-9-8-14(11-17(15)18)12-19-4-2/h8-9,11,16,19H,3-7,10,12-13H2,1-2H3. The molecule has 1 aromatic carbocycles. The maximum Gasteiger partial charge on any atom is 0.0247 e. The lowest BCUT2D eigenvalue weighted by molar-refractivity contribution is 0.136. The van der Waals surface area contributed by atoms with Gasteiger partial charge in [-0.15, -0.1) is 0 Å². The molecule has 1 saturated heterocycles. The molecular weight excluding hydrogens is 312 g/mol. The van der Waals surface area contributed by atoms with Crippen LogP contribution in [0.25, 0.3) is 0 Å². The molecule has 3 heteroatoms. The van der Waals surface area contributed by atoms with Crippen LogP contribution >= 0.6 is 15.9 Å². The molecule has 2 rings (SSSR count). The maximum atomic E-state index is 3.75. The van der Waals surface area contributed by atoms with E-state index in [4.69, 9.17) is 0 Å². The van der Waals surface area contributed by atoms with Crippen molar-refractivity contribution in [3.8, 4) is 0 Å². The number of hydrogen-bond acceptors (Lipinski definition) is 2. The minimum Gasteiger partial charge on any atom is -0.313 e. The largest absolute Gasteiger partial charge is 0.313 e. The molecule has 1 fully saturated rings. The van der Waals surface area contributed by atoms with Gasteiger partial charge in [0.25, 0.3) is 0 Å². The summed E-state index contributed by atoms with van der Waals surface area (Å²) in [7, 11) is 0. The highest BCUT2D eigenvalue weighted by Gasteiger charge is 2.21. The number of rotatable bonds is 6. The van der Waals surface area contributed by atoms with Crippen LogP contribution in [0.15, 0.2) is 22.7 Å². The lowest BCUT2D eigenvalue weighted by atomic mass is 9.99. The van der Waals surface area contributed by atoms with Gasteiger partial charge in [0.15, 0.2) is 0 Å². The Balaban J connectivity index is 2.01. The van der Waals surface area contributed by atoms with Crippen LogP contribution < -0.4 is 5.32 Å². The molecule has 0 bridgehead atoms. The third kappa shape index (κ3) is 4.31. The quantitative estimate of drug-likeness (QED) is 0.830. The summed E-state index contributed by atoms with van der Waals surface area (Å²) in [5.74, 6) is 0. The lowest BCUT2D eigenvalue weighted by Gasteiger charge is -2.35. The fourth-order valence-corrected chi connectivity index (χ4v) is 3.60. The highest BCUT2D eigenvalue weighted by molar-refractivity contribution is 9.10. The highest BCUT2D eigenvalue weighted by atomic mass is 79.9. The van der Waals surface area contributed by atoms with Gasteiger partial charge in [-0.2, -0.15) is 0 Å². The Bertz CT molecular complexity index is 419. The average Bonchev–Trinajstić information content (AvgIpc) is 2.48. The van der Waals surface area contributed by atoms with Crippen LogP contribution in [0.3, 0.4) is 0 Å². The zero-order valence-electron chi connectivity index (χ0n) is 12.8. The van der Waals surface area contributed by atoms with E-state index in [1.807, 2.05) is 0 Å². The Morgan fingerprint density at radius 2 is 2.15 bits per heavy atom. The van der Waals surface area contributed by atoms with Crippen LogP contribution in [0.2, 0.25) is 0 Å². The Labute approximate surface area is 132 Å². The fourth-order valence-electron chi connectivity index (χ4n) is 3.05. The SMILES string of the molecule is CCNCc1ccc(CN2CCCCC2CC)c(Br)c1. The molecule has 0 aromatic heterocycles. The van der Waals surface area contributed by atoms with Gasteiger partial charge in [-0.1, -0.05) is 48.3 Å². The number of nitrogens with zero attached hydrogens (tertiary/aromatic N) is 1. The number of piperidine rings is 1. The van der Waals surface area contributed by atoms with Crippen molar-refractivity contribution >= 4 is 15.9 Å². The van der Waals surface area contributed by atoms with Gasteiger partial charge in [-0.25, -0.2) is 0 Å². The molecule has 20 heavy (non-hydrogen) atoms. The molecule has 1 unspecified atom stereocenters. The van der Waals surface area contributed by atoms with Crippen LogP contribution in [0, 0.1) is 0 Å². The first-order valence-electron chi connectivity index (χ1n) is 7.96. The fraction of sp³-hybridized carbons (Fsp3) is 0.647. The van der Waals surface area contributed by atoms with Gasteiger partial charge in [0.1, 0.15) is 0 Å². The number of benzene rings is 1. The summed E-state index contributed by atoms with van der Waals surface area (Å²) in [4.78, 5) is 2.66. The molecule has 0 radical (unpaired) electrons. The highest BCUT2D eigenvalue weighted by Crippen LogP contribution is 2.25. The summed E-state index contributed by atoms with van der Waals surface area (Å²) >= 11 is 3.75. The van der Waals surface area contributed by atoms with Crippen LogP contribution in [0.4, 0.5) is 0 Å². The van der Waals surface area contributed by atoms with Crippen LogP contribution in [-0.2, 0) is 13.1 Å². The van der Waals surface area contributed by atoms with E-state index < -0.39 is 0 Å². The molecule has 1 N–H and O–H groups in total. The van der Waals surface area contributed by atoms with E-state index in [1.165, 1.54) is 47.8 Å². The molecule has 2 nitrogen and oxygen atoms in total. The summed E-state index contributed by atoms with van der Waals surface area (Å²) in [5.41, 5.74) is 2.78. The monoisotopic (exact) mass is 338 g/mol. The van der Waals surface area contributed by atoms with Crippen molar-refractivity contribution in [3.05, 3.63) is 33.8 Å². The molecule has 1 aromatic rings. The molecule has 0 spiro atoms. The molecule has 0 amide bonds. The van der Waals surface area contributed by atoms with E-state index in [0.717, 1.165) is 25.7 Å². The number of halogens is 1. The molecular formula is C17H27BrN2. The molecule has 112 valence electrons. The molecule has 0 saturated carbocycles. The van der Waals surface area contributed by atoms with Gasteiger partial charge >= 0.3 is 0 Å². The minimum absolute atomic E-state index is 0.775. The van der Waals surface area contributed by atoms with E-state index in [0.29, 0.717) is 0 Å². The molecule has 1 atom stereocenters. The summed E-state index contributed by atoms with van der Waals surface area (Å²) in [6.07, 6.45) is 5.40. The van der Waals surface area contributed by atoms with Crippen LogP contribution in [-0.4, -0.2) is 24.0 Å². The second-order valence-corrected chi connectivity index (χ2v) is 6.59. The van der Waals surface area contributed by atoms with Gasteiger partial charge in [-0.3, -0.25) is 4.90 Å². The van der Waals surface area contributed by atoms with E-state index in [-0.39, 0.29) is 0 Å². The molecule has 0 aliphatic carbocycles. The van der Waals surface area contributed by atoms with Gasteiger partial charge < -0.3 is 5.32 Å². The summed E-state index contributed by atoms with van der Waals surface area (Å²) in [6.45, 7) is 8.77. The van der Waals surface area contributed by atoms with E-state index in [9.17, 15) is 0 Å². The Hall–Kier alpha value is -0.380. The number of hydrogen-bond donors (Lipinski definition) is 1. The van der Waals surface area contributed by atoms with Crippen molar-refractivity contribution in [1.82, 2.24) is 10.2 Å². The molecule has 1 heterocycles. The Morgan fingerprint density at radius 1 is 1.30 bits per heavy atom. The third-order valence-electron chi connectivity index (χ3n) is 4.29. The topological polar surface area (TPSA) is 15.3 Å². The van der Waals surface area contributed by atoms with Crippen LogP contribution in [0.5, 0.6) is 0 Å². The second kappa shape index (κ2) is 8.16. The second-order valence-electron chi connectivity index (χ2n) is 5.73. The predicted molar refractivity (Wildman–Crippen MR) is 89.9 cm³/mol. The summed E-state index contributed by atoms with van der Waals surface area (Å²) in [5, 5.41) is 3.38. The van der Waals surface area contributed by atoms with Crippen molar-refractivity contribution in [3.63, 3.8) is 0 Å². The zero-order valence-corrected chi connectivity index (χ0v) is 14.4. The van der Waals surface area contributed by atoms with E-state index in [2.05, 4.69) is 58.2 Å². The Morgan fingerprint density at radius 3 is 2.85 bits per heavy atom. The summed E-state index contributed by atoms with van der Waals surface area (Å²) < 4.78 is 1.26. The van der Waals surface area contributed by atoms with Gasteiger partial charge in [0, 0.05) is 23.6 Å². The number of likely N-dealkylation sites (tertiary alicyclic amines) is 1. The first-order valence-corrected chi connectivity index (χ1v) is 8.76. The van der Waals surface area contributed by atoms with Crippen LogP contribution in [0.1, 0.15) is 50.7 Å². The Kier molecular flexibility index (Phi) is 6.53. The van der Waals surface area contributed by atoms with Gasteiger partial charge in [-0.05, 0) is 49.5 Å². The van der Waals surface area contributed by atoms with E-state index in [1.54, 1.807) is 0 Å². The normalized spacial score (nSPS) is 20.2. The molecule has 1 aliphatic heterocycles. The maximum absolute atomic E-state index is 3.75. The first-order chi connectivity index (χ1) is 9.74. The average molecular weight is 339 g/mol. The van der Waals surface area contributed by atoms with Crippen molar-refractivity contribution < 1.29 is 0 Å². The van der Waals surface area contributed by atoms with Gasteiger partial charge in [0.05, 0.1) is 0 Å². The first kappa shape index (κ1) is 16.0. The van der Waals surface area contributed by atoms with Gasteiger partial charge in [0.2, 0.25) is 0 Å². The number of nitrogens with one attached hydrogen (secondary N) is 1.